The van der Waals surface area contributed by atoms with E-state index in [1.54, 1.807) is 6.20 Å². The van der Waals surface area contributed by atoms with Crippen molar-refractivity contribution in [3.05, 3.63) is 18.5 Å². The largest absolute Gasteiger partial charge is 0.492 e. The highest BCUT2D eigenvalue weighted by molar-refractivity contribution is 5.48. The minimum atomic E-state index is 0.347. The highest BCUT2D eigenvalue weighted by atomic mass is 16.5. The van der Waals surface area contributed by atoms with E-state index in [-0.39, 0.29) is 0 Å². The Balaban J connectivity index is 1.50. The van der Waals surface area contributed by atoms with E-state index in [4.69, 9.17) is 15.2 Å². The zero-order valence-electron chi connectivity index (χ0n) is 12.5. The second-order valence-corrected chi connectivity index (χ2v) is 5.98. The van der Waals surface area contributed by atoms with Gasteiger partial charge in [0.15, 0.2) is 0 Å². The van der Waals surface area contributed by atoms with E-state index in [2.05, 4.69) is 16.0 Å². The Kier molecular flexibility index (Phi) is 4.93. The molecular formula is C16H25N3O2. The Morgan fingerprint density at radius 2 is 2.14 bits per heavy atom. The lowest BCUT2D eigenvalue weighted by molar-refractivity contribution is 0.0903. The van der Waals surface area contributed by atoms with Gasteiger partial charge in [-0.3, -0.25) is 4.98 Å². The first-order chi connectivity index (χ1) is 10.3. The summed E-state index contributed by atoms with van der Waals surface area (Å²) < 4.78 is 11.4. The summed E-state index contributed by atoms with van der Waals surface area (Å²) in [5, 5.41) is 0. The van der Waals surface area contributed by atoms with E-state index in [1.807, 2.05) is 6.20 Å². The van der Waals surface area contributed by atoms with Crippen LogP contribution in [0.4, 0.5) is 5.69 Å². The summed E-state index contributed by atoms with van der Waals surface area (Å²) in [6.45, 7) is 3.60. The van der Waals surface area contributed by atoms with Crippen LogP contribution in [-0.4, -0.2) is 43.4 Å². The molecule has 116 valence electrons. The third-order valence-electron chi connectivity index (χ3n) is 4.34. The molecule has 0 aliphatic carbocycles. The van der Waals surface area contributed by atoms with Crippen molar-refractivity contribution in [2.24, 2.45) is 5.73 Å². The third-order valence-corrected chi connectivity index (χ3v) is 4.34. The smallest absolute Gasteiger partial charge is 0.139 e. The van der Waals surface area contributed by atoms with Crippen LogP contribution in [0.25, 0.3) is 0 Å². The fourth-order valence-corrected chi connectivity index (χ4v) is 3.00. The topological polar surface area (TPSA) is 60.6 Å². The average Bonchev–Trinajstić information content (AvgIpc) is 3.02. The Hall–Kier alpha value is -1.33. The van der Waals surface area contributed by atoms with E-state index in [1.165, 1.54) is 6.42 Å². The van der Waals surface area contributed by atoms with Crippen molar-refractivity contribution in [1.82, 2.24) is 4.98 Å². The average molecular weight is 291 g/mol. The van der Waals surface area contributed by atoms with Crippen molar-refractivity contribution in [3.63, 3.8) is 0 Å². The molecule has 1 unspecified atom stereocenters. The van der Waals surface area contributed by atoms with E-state index in [9.17, 15) is 0 Å². The molecule has 0 aromatic carbocycles. The number of aromatic nitrogens is 1. The standard InChI is InChI=1S/C16H25N3O2/c17-13-3-6-19(7-4-13)14-10-16(12-18-11-14)21-9-5-15-2-1-8-20-15/h10-13,15H,1-9,17H2. The van der Waals surface area contributed by atoms with Crippen molar-refractivity contribution >= 4 is 5.69 Å². The third kappa shape index (κ3) is 4.08. The van der Waals surface area contributed by atoms with Crippen LogP contribution in [0.15, 0.2) is 18.5 Å². The Morgan fingerprint density at radius 1 is 1.29 bits per heavy atom. The van der Waals surface area contributed by atoms with Crippen molar-refractivity contribution < 1.29 is 9.47 Å². The molecule has 0 bridgehead atoms. The van der Waals surface area contributed by atoms with Crippen LogP contribution >= 0.6 is 0 Å². The summed E-state index contributed by atoms with van der Waals surface area (Å²) in [6.07, 6.45) is 9.47. The van der Waals surface area contributed by atoms with Crippen LogP contribution < -0.4 is 15.4 Å². The van der Waals surface area contributed by atoms with Gasteiger partial charge in [0.1, 0.15) is 5.75 Å². The van der Waals surface area contributed by atoms with Gasteiger partial charge in [0, 0.05) is 38.2 Å². The Bertz CT molecular complexity index is 441. The van der Waals surface area contributed by atoms with Gasteiger partial charge in [-0.2, -0.15) is 0 Å². The molecule has 1 atom stereocenters. The maximum absolute atomic E-state index is 5.95. The number of ether oxygens (including phenoxy) is 2. The lowest BCUT2D eigenvalue weighted by atomic mass is 10.1. The number of hydrogen-bond donors (Lipinski definition) is 1. The summed E-state index contributed by atoms with van der Waals surface area (Å²) in [7, 11) is 0. The predicted molar refractivity (Wildman–Crippen MR) is 82.7 cm³/mol. The number of rotatable bonds is 5. The van der Waals surface area contributed by atoms with Gasteiger partial charge in [-0.1, -0.05) is 0 Å². The van der Waals surface area contributed by atoms with Gasteiger partial charge in [0.25, 0.3) is 0 Å². The first-order valence-electron chi connectivity index (χ1n) is 8.01. The number of hydrogen-bond acceptors (Lipinski definition) is 5. The monoisotopic (exact) mass is 291 g/mol. The first kappa shape index (κ1) is 14.6. The number of anilines is 1. The van der Waals surface area contributed by atoms with Gasteiger partial charge < -0.3 is 20.1 Å². The van der Waals surface area contributed by atoms with Crippen LogP contribution in [0.1, 0.15) is 32.1 Å². The number of nitrogens with zero attached hydrogens (tertiary/aromatic N) is 2. The molecule has 2 saturated heterocycles. The maximum atomic E-state index is 5.95. The summed E-state index contributed by atoms with van der Waals surface area (Å²) in [5.74, 6) is 0.848. The first-order valence-corrected chi connectivity index (χ1v) is 8.01. The fourth-order valence-electron chi connectivity index (χ4n) is 3.00. The van der Waals surface area contributed by atoms with E-state index >= 15 is 0 Å². The fraction of sp³-hybridized carbons (Fsp3) is 0.688. The minimum Gasteiger partial charge on any atom is -0.492 e. The van der Waals surface area contributed by atoms with Crippen molar-refractivity contribution in [2.75, 3.05) is 31.2 Å². The number of pyridine rings is 1. The van der Waals surface area contributed by atoms with Gasteiger partial charge >= 0.3 is 0 Å². The molecule has 0 radical (unpaired) electrons. The van der Waals surface area contributed by atoms with Crippen LogP contribution in [-0.2, 0) is 4.74 Å². The summed E-state index contributed by atoms with van der Waals surface area (Å²) >= 11 is 0. The highest BCUT2D eigenvalue weighted by Crippen LogP contribution is 2.23. The van der Waals surface area contributed by atoms with Gasteiger partial charge in [-0.05, 0) is 25.7 Å². The molecule has 3 rings (SSSR count). The lowest BCUT2D eigenvalue weighted by Crippen LogP contribution is -2.39. The number of nitrogens with two attached hydrogens (primary N) is 1. The summed E-state index contributed by atoms with van der Waals surface area (Å²) in [6, 6.07) is 2.43. The van der Waals surface area contributed by atoms with Gasteiger partial charge in [-0.25, -0.2) is 0 Å². The molecule has 2 aliphatic rings. The van der Waals surface area contributed by atoms with E-state index < -0.39 is 0 Å². The van der Waals surface area contributed by atoms with Gasteiger partial charge in [-0.15, -0.1) is 0 Å². The zero-order chi connectivity index (χ0) is 14.5. The van der Waals surface area contributed by atoms with Crippen molar-refractivity contribution in [3.8, 4) is 5.75 Å². The van der Waals surface area contributed by atoms with Crippen LogP contribution in [0.2, 0.25) is 0 Å². The maximum Gasteiger partial charge on any atom is 0.139 e. The SMILES string of the molecule is NC1CCN(c2cncc(OCCC3CCCO3)c2)CC1. The van der Waals surface area contributed by atoms with Gasteiger partial charge in [0.2, 0.25) is 0 Å². The van der Waals surface area contributed by atoms with Crippen LogP contribution in [0.3, 0.4) is 0 Å². The minimum absolute atomic E-state index is 0.347. The molecule has 1 aromatic heterocycles. The lowest BCUT2D eigenvalue weighted by Gasteiger charge is -2.31. The molecule has 3 heterocycles. The highest BCUT2D eigenvalue weighted by Gasteiger charge is 2.17. The molecule has 2 N–H and O–H groups in total. The second kappa shape index (κ2) is 7.09. The van der Waals surface area contributed by atoms with E-state index in [0.717, 1.165) is 56.8 Å². The molecule has 0 saturated carbocycles. The van der Waals surface area contributed by atoms with Crippen LogP contribution in [0, 0.1) is 0 Å². The molecule has 0 amide bonds. The second-order valence-electron chi connectivity index (χ2n) is 5.98. The van der Waals surface area contributed by atoms with Gasteiger partial charge in [0.05, 0.1) is 30.8 Å². The zero-order valence-corrected chi connectivity index (χ0v) is 12.5. The quantitative estimate of drug-likeness (QED) is 0.898. The van der Waals surface area contributed by atoms with Crippen molar-refractivity contribution in [1.29, 1.82) is 0 Å². The molecule has 21 heavy (non-hydrogen) atoms. The van der Waals surface area contributed by atoms with E-state index in [0.29, 0.717) is 18.8 Å². The molecule has 5 heteroatoms. The predicted octanol–water partition coefficient (Wildman–Crippen LogP) is 1.96. The molecule has 2 aliphatic heterocycles. The molecule has 2 fully saturated rings. The Labute approximate surface area is 126 Å². The molecule has 1 aromatic rings. The van der Waals surface area contributed by atoms with Crippen molar-refractivity contribution in [2.45, 2.75) is 44.2 Å². The number of piperidine rings is 1. The molecule has 0 spiro atoms. The van der Waals surface area contributed by atoms with Crippen LogP contribution in [0.5, 0.6) is 5.75 Å². The summed E-state index contributed by atoms with van der Waals surface area (Å²) in [4.78, 5) is 6.64. The normalized spacial score (nSPS) is 23.5. The Morgan fingerprint density at radius 3 is 2.90 bits per heavy atom. The summed E-state index contributed by atoms with van der Waals surface area (Å²) in [5.41, 5.74) is 7.09. The molecular weight excluding hydrogens is 266 g/mol. The molecule has 5 nitrogen and oxygen atoms in total.